The van der Waals surface area contributed by atoms with Crippen LogP contribution in [-0.2, 0) is 14.8 Å². The number of rotatable bonds is 4. The first-order valence-electron chi connectivity index (χ1n) is 6.58. The number of nitrogen functional groups attached to an aromatic ring is 1. The quantitative estimate of drug-likeness (QED) is 0.769. The van der Waals surface area contributed by atoms with Crippen molar-refractivity contribution in [3.05, 3.63) is 23.8 Å². The first kappa shape index (κ1) is 15.7. The SMILES string of the molecule is COC1CCCN(S(=O)(=O)c2ccc(C(N)=O)cc2N)C1. The fourth-order valence-corrected chi connectivity index (χ4v) is 4.00. The molecule has 1 atom stereocenters. The summed E-state index contributed by atoms with van der Waals surface area (Å²) in [4.78, 5) is 11.1. The average molecular weight is 313 g/mol. The van der Waals surface area contributed by atoms with Gasteiger partial charge in [0.25, 0.3) is 0 Å². The van der Waals surface area contributed by atoms with Crippen LogP contribution >= 0.6 is 0 Å². The molecule has 0 bridgehead atoms. The molecule has 1 amide bonds. The molecule has 1 aromatic rings. The Kier molecular flexibility index (Phi) is 4.50. The monoisotopic (exact) mass is 313 g/mol. The Hall–Kier alpha value is -1.64. The third-order valence-electron chi connectivity index (χ3n) is 3.59. The van der Waals surface area contributed by atoms with Gasteiger partial charge in [0.15, 0.2) is 0 Å². The van der Waals surface area contributed by atoms with Crippen LogP contribution in [0, 0.1) is 0 Å². The van der Waals surface area contributed by atoms with Crippen LogP contribution in [0.5, 0.6) is 0 Å². The maximum Gasteiger partial charge on any atom is 0.248 e. The van der Waals surface area contributed by atoms with Crippen LogP contribution in [0.25, 0.3) is 0 Å². The number of primary amides is 1. The lowest BCUT2D eigenvalue weighted by Crippen LogP contribution is -2.43. The fraction of sp³-hybridized carbons (Fsp3) is 0.462. The molecule has 0 spiro atoms. The summed E-state index contributed by atoms with van der Waals surface area (Å²) >= 11 is 0. The molecule has 7 nitrogen and oxygen atoms in total. The second-order valence-corrected chi connectivity index (χ2v) is 6.89. The lowest BCUT2D eigenvalue weighted by molar-refractivity contribution is 0.0572. The lowest BCUT2D eigenvalue weighted by atomic mass is 10.1. The Morgan fingerprint density at radius 3 is 2.71 bits per heavy atom. The molecule has 1 aliphatic heterocycles. The number of piperidine rings is 1. The molecule has 0 aromatic heterocycles. The number of ether oxygens (including phenoxy) is 1. The number of nitrogens with two attached hydrogens (primary N) is 2. The van der Waals surface area contributed by atoms with Gasteiger partial charge in [-0.25, -0.2) is 8.42 Å². The number of anilines is 1. The zero-order valence-electron chi connectivity index (χ0n) is 11.8. The minimum Gasteiger partial charge on any atom is -0.398 e. The number of carbonyl (C=O) groups excluding carboxylic acids is 1. The van der Waals surface area contributed by atoms with Gasteiger partial charge in [-0.15, -0.1) is 0 Å². The van der Waals surface area contributed by atoms with Gasteiger partial charge in [-0.1, -0.05) is 0 Å². The highest BCUT2D eigenvalue weighted by Gasteiger charge is 2.31. The Morgan fingerprint density at radius 1 is 1.43 bits per heavy atom. The van der Waals surface area contributed by atoms with E-state index in [1.807, 2.05) is 0 Å². The van der Waals surface area contributed by atoms with Crippen molar-refractivity contribution < 1.29 is 17.9 Å². The van der Waals surface area contributed by atoms with E-state index in [-0.39, 0.29) is 22.3 Å². The van der Waals surface area contributed by atoms with Crippen molar-refractivity contribution in [2.45, 2.75) is 23.8 Å². The number of nitrogens with zero attached hydrogens (tertiary/aromatic N) is 1. The predicted octanol–water partition coefficient (Wildman–Crippen LogP) is 0.167. The second-order valence-electron chi connectivity index (χ2n) is 4.98. The first-order valence-corrected chi connectivity index (χ1v) is 8.02. The molecule has 1 heterocycles. The predicted molar refractivity (Wildman–Crippen MR) is 78.2 cm³/mol. The van der Waals surface area contributed by atoms with E-state index in [2.05, 4.69) is 0 Å². The van der Waals surface area contributed by atoms with Crippen LogP contribution in [-0.4, -0.2) is 44.9 Å². The first-order chi connectivity index (χ1) is 9.86. The van der Waals surface area contributed by atoms with Gasteiger partial charge in [0.1, 0.15) is 4.90 Å². The highest BCUT2D eigenvalue weighted by atomic mass is 32.2. The Labute approximate surface area is 123 Å². The summed E-state index contributed by atoms with van der Waals surface area (Å²) in [5.41, 5.74) is 11.1. The maximum atomic E-state index is 12.6. The van der Waals surface area contributed by atoms with E-state index < -0.39 is 15.9 Å². The van der Waals surface area contributed by atoms with Crippen molar-refractivity contribution in [3.63, 3.8) is 0 Å². The molecular weight excluding hydrogens is 294 g/mol. The van der Waals surface area contributed by atoms with Gasteiger partial charge < -0.3 is 16.2 Å². The van der Waals surface area contributed by atoms with E-state index in [0.717, 1.165) is 12.8 Å². The number of hydrogen-bond acceptors (Lipinski definition) is 5. The largest absolute Gasteiger partial charge is 0.398 e. The number of amides is 1. The topological polar surface area (TPSA) is 116 Å². The zero-order valence-corrected chi connectivity index (χ0v) is 12.6. The van der Waals surface area contributed by atoms with Gasteiger partial charge in [0, 0.05) is 25.8 Å². The molecule has 1 aliphatic rings. The average Bonchev–Trinajstić information content (AvgIpc) is 2.46. The standard InChI is InChI=1S/C13H19N3O4S/c1-20-10-3-2-6-16(8-10)21(18,19)12-5-4-9(13(15)17)7-11(12)14/h4-5,7,10H,2-3,6,8,14H2,1H3,(H2,15,17). The molecule has 0 aliphatic carbocycles. The molecule has 0 saturated carbocycles. The molecule has 1 unspecified atom stereocenters. The van der Waals surface area contributed by atoms with E-state index >= 15 is 0 Å². The van der Waals surface area contributed by atoms with Crippen molar-refractivity contribution in [2.24, 2.45) is 5.73 Å². The number of hydrogen-bond donors (Lipinski definition) is 2. The Balaban J connectivity index is 2.33. The molecule has 1 aromatic carbocycles. The third-order valence-corrected chi connectivity index (χ3v) is 5.53. The molecular formula is C13H19N3O4S. The summed E-state index contributed by atoms with van der Waals surface area (Å²) in [6, 6.07) is 3.97. The Morgan fingerprint density at radius 2 is 2.14 bits per heavy atom. The number of benzene rings is 1. The van der Waals surface area contributed by atoms with Crippen LogP contribution in [0.3, 0.4) is 0 Å². The van der Waals surface area contributed by atoms with Gasteiger partial charge >= 0.3 is 0 Å². The van der Waals surface area contributed by atoms with E-state index in [4.69, 9.17) is 16.2 Å². The van der Waals surface area contributed by atoms with Crippen molar-refractivity contribution in [1.29, 1.82) is 0 Å². The summed E-state index contributed by atoms with van der Waals surface area (Å²) in [6.07, 6.45) is 1.45. The van der Waals surface area contributed by atoms with Crippen molar-refractivity contribution >= 4 is 21.6 Å². The van der Waals surface area contributed by atoms with Gasteiger partial charge in [-0.05, 0) is 31.0 Å². The highest BCUT2D eigenvalue weighted by molar-refractivity contribution is 7.89. The molecule has 21 heavy (non-hydrogen) atoms. The van der Waals surface area contributed by atoms with Crippen LogP contribution in [0.4, 0.5) is 5.69 Å². The summed E-state index contributed by atoms with van der Waals surface area (Å²) in [6.45, 7) is 0.731. The van der Waals surface area contributed by atoms with Crippen molar-refractivity contribution in [3.8, 4) is 0 Å². The molecule has 1 saturated heterocycles. The number of carbonyl (C=O) groups is 1. The molecule has 0 radical (unpaired) electrons. The van der Waals surface area contributed by atoms with E-state index in [1.54, 1.807) is 7.11 Å². The molecule has 4 N–H and O–H groups in total. The summed E-state index contributed by atoms with van der Waals surface area (Å²) < 4.78 is 31.8. The molecule has 8 heteroatoms. The summed E-state index contributed by atoms with van der Waals surface area (Å²) in [5, 5.41) is 0. The third kappa shape index (κ3) is 3.17. The van der Waals surface area contributed by atoms with Crippen LogP contribution in [0.2, 0.25) is 0 Å². The van der Waals surface area contributed by atoms with Gasteiger partial charge in [0.05, 0.1) is 11.8 Å². The second kappa shape index (κ2) is 6.00. The summed E-state index contributed by atoms with van der Waals surface area (Å²) in [5.74, 6) is -0.650. The normalized spacial score (nSPS) is 20.3. The van der Waals surface area contributed by atoms with E-state index in [9.17, 15) is 13.2 Å². The molecule has 1 fully saturated rings. The minimum absolute atomic E-state index is 0.00995. The van der Waals surface area contributed by atoms with Gasteiger partial charge in [0.2, 0.25) is 15.9 Å². The van der Waals surface area contributed by atoms with E-state index in [0.29, 0.717) is 13.1 Å². The van der Waals surface area contributed by atoms with Gasteiger partial charge in [-0.3, -0.25) is 4.79 Å². The van der Waals surface area contributed by atoms with Crippen LogP contribution in [0.15, 0.2) is 23.1 Å². The zero-order chi connectivity index (χ0) is 15.6. The minimum atomic E-state index is -3.70. The smallest absolute Gasteiger partial charge is 0.248 e. The molecule has 2 rings (SSSR count). The molecule has 116 valence electrons. The highest BCUT2D eigenvalue weighted by Crippen LogP contribution is 2.26. The number of sulfonamides is 1. The van der Waals surface area contributed by atoms with Crippen molar-refractivity contribution in [2.75, 3.05) is 25.9 Å². The van der Waals surface area contributed by atoms with Crippen LogP contribution in [0.1, 0.15) is 23.2 Å². The number of methoxy groups -OCH3 is 1. The maximum absolute atomic E-state index is 12.6. The van der Waals surface area contributed by atoms with Gasteiger partial charge in [-0.2, -0.15) is 4.31 Å². The van der Waals surface area contributed by atoms with Crippen molar-refractivity contribution in [1.82, 2.24) is 4.31 Å². The van der Waals surface area contributed by atoms with E-state index in [1.165, 1.54) is 22.5 Å². The Bertz CT molecular complexity index is 645. The van der Waals surface area contributed by atoms with Crippen LogP contribution < -0.4 is 11.5 Å². The summed E-state index contributed by atoms with van der Waals surface area (Å²) in [7, 11) is -2.14. The lowest BCUT2D eigenvalue weighted by Gasteiger charge is -2.31. The fourth-order valence-electron chi connectivity index (χ4n) is 2.39.